The molecule has 6 heteroatoms. The Kier molecular flexibility index (Phi) is 11.1. The summed E-state index contributed by atoms with van der Waals surface area (Å²) in [5.74, 6) is 1.84. The smallest absolute Gasteiger partial charge is 0.340 e. The van der Waals surface area contributed by atoms with Crippen molar-refractivity contribution in [1.82, 2.24) is 5.32 Å². The van der Waals surface area contributed by atoms with Gasteiger partial charge in [0, 0.05) is 23.1 Å². The van der Waals surface area contributed by atoms with Crippen molar-refractivity contribution in [3.8, 4) is 16.9 Å². The van der Waals surface area contributed by atoms with E-state index in [1.807, 2.05) is 36.4 Å². The van der Waals surface area contributed by atoms with Gasteiger partial charge >= 0.3 is 11.9 Å². The summed E-state index contributed by atoms with van der Waals surface area (Å²) in [5, 5.41) is 14.8. The largest absolute Gasteiger partial charge is 0.508 e. The van der Waals surface area contributed by atoms with E-state index in [2.05, 4.69) is 67.7 Å². The van der Waals surface area contributed by atoms with Crippen LogP contribution in [-0.2, 0) is 25.5 Å². The van der Waals surface area contributed by atoms with Crippen LogP contribution >= 0.6 is 0 Å². The molecule has 6 nitrogen and oxygen atoms in total. The van der Waals surface area contributed by atoms with Crippen molar-refractivity contribution in [2.24, 2.45) is 35.0 Å². The molecule has 302 valence electrons. The molecule has 7 aliphatic rings. The van der Waals surface area contributed by atoms with Crippen LogP contribution in [0.5, 0.6) is 5.75 Å². The molecule has 3 fully saturated rings. The fourth-order valence-corrected chi connectivity index (χ4v) is 12.0. The number of carbonyl (C=O) groups is 2. The van der Waals surface area contributed by atoms with Gasteiger partial charge in [0.2, 0.25) is 0 Å². The number of piperidine rings is 1. The first kappa shape index (κ1) is 38.8. The molecule has 3 aliphatic heterocycles. The van der Waals surface area contributed by atoms with Crippen molar-refractivity contribution in [3.05, 3.63) is 130 Å². The SMILES string of the molecule is CCCCC[C@@H]1C[C@H](CC/C=C2\OC(=O)C3=C2CC[C@H]2[C@H]4CC[C@]5(C(=C4c4cc(O)ccc4-c4ccccc4)C(=O)O/C5=C\[C@H](CC)Cc4ccccc4)[C@@H]32)CCN1. The van der Waals surface area contributed by atoms with Gasteiger partial charge in [0.15, 0.2) is 0 Å². The summed E-state index contributed by atoms with van der Waals surface area (Å²) < 4.78 is 12.8. The summed E-state index contributed by atoms with van der Waals surface area (Å²) in [6.07, 6.45) is 19.0. The fourth-order valence-electron chi connectivity index (χ4n) is 12.0. The summed E-state index contributed by atoms with van der Waals surface area (Å²) in [7, 11) is 0. The molecule has 2 bridgehead atoms. The first-order chi connectivity index (χ1) is 28.4. The number of hydrogen-bond acceptors (Lipinski definition) is 6. The third-order valence-electron chi connectivity index (χ3n) is 14.6. The van der Waals surface area contributed by atoms with Gasteiger partial charge in [-0.3, -0.25) is 0 Å². The lowest BCUT2D eigenvalue weighted by atomic mass is 9.44. The van der Waals surface area contributed by atoms with E-state index < -0.39 is 5.41 Å². The third kappa shape index (κ3) is 6.99. The van der Waals surface area contributed by atoms with Crippen LogP contribution in [0.2, 0.25) is 0 Å². The van der Waals surface area contributed by atoms with Crippen molar-refractivity contribution in [2.75, 3.05) is 6.54 Å². The highest BCUT2D eigenvalue weighted by Crippen LogP contribution is 2.72. The zero-order valence-electron chi connectivity index (χ0n) is 34.3. The van der Waals surface area contributed by atoms with Gasteiger partial charge in [-0.1, -0.05) is 99.8 Å². The van der Waals surface area contributed by atoms with Gasteiger partial charge in [0.1, 0.15) is 17.3 Å². The molecule has 3 heterocycles. The molecule has 10 rings (SSSR count). The minimum Gasteiger partial charge on any atom is -0.508 e. The Labute approximate surface area is 344 Å². The quantitative estimate of drug-likeness (QED) is 0.133. The zero-order valence-corrected chi connectivity index (χ0v) is 34.3. The lowest BCUT2D eigenvalue weighted by Gasteiger charge is -2.56. The van der Waals surface area contributed by atoms with Gasteiger partial charge in [-0.15, -0.1) is 0 Å². The molecule has 1 saturated carbocycles. The minimum atomic E-state index is -0.799. The normalized spacial score (nSPS) is 29.4. The Morgan fingerprint density at radius 2 is 1.69 bits per heavy atom. The van der Waals surface area contributed by atoms with E-state index in [1.54, 1.807) is 6.07 Å². The van der Waals surface area contributed by atoms with Crippen LogP contribution in [0.15, 0.2) is 119 Å². The van der Waals surface area contributed by atoms with Crippen LogP contribution in [-0.4, -0.2) is 29.6 Å². The monoisotopic (exact) mass is 777 g/mol. The van der Waals surface area contributed by atoms with E-state index in [0.29, 0.717) is 23.3 Å². The van der Waals surface area contributed by atoms with Crippen LogP contribution in [0, 0.1) is 35.0 Å². The molecule has 0 radical (unpaired) electrons. The van der Waals surface area contributed by atoms with Gasteiger partial charge < -0.3 is 19.9 Å². The molecular weight excluding hydrogens is 719 g/mol. The average molecular weight is 778 g/mol. The number of aromatic hydroxyl groups is 1. The van der Waals surface area contributed by atoms with E-state index in [-0.39, 0.29) is 41.4 Å². The summed E-state index contributed by atoms with van der Waals surface area (Å²) in [4.78, 5) is 29.1. The molecule has 0 aromatic heterocycles. The second-order valence-corrected chi connectivity index (χ2v) is 17.9. The van der Waals surface area contributed by atoms with Gasteiger partial charge in [-0.25, -0.2) is 9.59 Å². The Bertz CT molecular complexity index is 2160. The second kappa shape index (κ2) is 16.5. The van der Waals surface area contributed by atoms with Crippen molar-refractivity contribution in [3.63, 3.8) is 0 Å². The number of hydrogen-bond donors (Lipinski definition) is 2. The van der Waals surface area contributed by atoms with E-state index >= 15 is 0 Å². The van der Waals surface area contributed by atoms with Crippen LogP contribution in [0.1, 0.15) is 108 Å². The Morgan fingerprint density at radius 3 is 2.48 bits per heavy atom. The molecule has 3 aromatic carbocycles. The predicted molar refractivity (Wildman–Crippen MR) is 229 cm³/mol. The number of esters is 2. The molecule has 58 heavy (non-hydrogen) atoms. The van der Waals surface area contributed by atoms with E-state index in [4.69, 9.17) is 9.47 Å². The average Bonchev–Trinajstić information content (AvgIpc) is 3.73. The Hall–Kier alpha value is -4.68. The number of carbonyl (C=O) groups excluding carboxylic acids is 2. The number of phenols is 1. The number of cyclic esters (lactones) is 2. The molecular formula is C52H59NO5. The second-order valence-electron chi connectivity index (χ2n) is 17.9. The van der Waals surface area contributed by atoms with Crippen molar-refractivity contribution in [1.29, 1.82) is 0 Å². The lowest BCUT2D eigenvalue weighted by Crippen LogP contribution is -2.52. The summed E-state index contributed by atoms with van der Waals surface area (Å²) in [6, 6.07) is 26.9. The number of unbranched alkanes of at least 4 members (excludes halogenated alkanes) is 2. The standard InChI is InChI=1S/C52H59NO5/c1-3-5-8-19-37-30-35(26-28-53-37)16-13-20-44-42-24-23-41-40-25-27-52(48(41)47(42)50(55)57-44)45(31-33(4-2)29-34-14-9-6-10-15-34)58-51(56)49(52)46(40)43-32-38(54)21-22-39(43)36-17-11-7-12-18-36/h6-7,9-12,14-15,17-18,20-22,31-33,35,37,40-41,48,53-54H,3-5,8,13,16,19,23-30H2,1-2H3/b44-20-,45-31-/t33-,35-,37-,40-,41+,48-,52-/m1/s1. The molecule has 7 atom stereocenters. The maximum atomic E-state index is 14.7. The summed E-state index contributed by atoms with van der Waals surface area (Å²) in [6.45, 7) is 5.55. The van der Waals surface area contributed by atoms with E-state index in [1.165, 1.54) is 44.1 Å². The molecule has 2 saturated heterocycles. The number of fused-ring (bicyclic) bond motifs is 1. The molecule has 1 spiro atoms. The number of rotatable bonds is 13. The van der Waals surface area contributed by atoms with Gasteiger partial charge in [0.05, 0.1) is 11.0 Å². The van der Waals surface area contributed by atoms with Crippen molar-refractivity contribution in [2.45, 2.75) is 110 Å². The highest BCUT2D eigenvalue weighted by Gasteiger charge is 2.68. The van der Waals surface area contributed by atoms with Crippen molar-refractivity contribution < 1.29 is 24.2 Å². The Morgan fingerprint density at radius 1 is 0.879 bits per heavy atom. The maximum Gasteiger partial charge on any atom is 0.340 e. The van der Waals surface area contributed by atoms with Crippen LogP contribution < -0.4 is 5.32 Å². The number of benzene rings is 3. The summed E-state index contributed by atoms with van der Waals surface area (Å²) in [5.41, 5.74) is 6.87. The molecule has 3 aromatic rings. The number of nitrogens with one attached hydrogen (secondary N) is 1. The van der Waals surface area contributed by atoms with Crippen molar-refractivity contribution >= 4 is 17.5 Å². The zero-order chi connectivity index (χ0) is 39.8. The topological polar surface area (TPSA) is 84.9 Å². The number of phenolic OH excluding ortho intramolecular Hbond substituents is 1. The van der Waals surface area contributed by atoms with Gasteiger partial charge in [-0.2, -0.15) is 0 Å². The third-order valence-corrected chi connectivity index (χ3v) is 14.6. The highest BCUT2D eigenvalue weighted by molar-refractivity contribution is 6.07. The van der Waals surface area contributed by atoms with Crippen LogP contribution in [0.25, 0.3) is 16.7 Å². The number of allylic oxidation sites excluding steroid dienone is 5. The molecule has 0 unspecified atom stereocenters. The van der Waals surface area contributed by atoms with Crippen LogP contribution in [0.3, 0.4) is 0 Å². The van der Waals surface area contributed by atoms with Crippen LogP contribution in [0.4, 0.5) is 0 Å². The molecule has 4 aliphatic carbocycles. The fraction of sp³-hybridized carbons (Fsp3) is 0.462. The lowest BCUT2D eigenvalue weighted by molar-refractivity contribution is -0.135. The molecule has 0 amide bonds. The van der Waals surface area contributed by atoms with Gasteiger partial charge in [0.25, 0.3) is 0 Å². The van der Waals surface area contributed by atoms with E-state index in [0.717, 1.165) is 97.1 Å². The predicted octanol–water partition coefficient (Wildman–Crippen LogP) is 11.4. The highest BCUT2D eigenvalue weighted by atomic mass is 16.5. The first-order valence-electron chi connectivity index (χ1n) is 22.4. The summed E-state index contributed by atoms with van der Waals surface area (Å²) >= 11 is 0. The first-order valence-corrected chi connectivity index (χ1v) is 22.4. The number of ether oxygens (including phenoxy) is 2. The Balaban J connectivity index is 1.12. The maximum absolute atomic E-state index is 14.7. The van der Waals surface area contributed by atoms with E-state index in [9.17, 15) is 14.7 Å². The minimum absolute atomic E-state index is 0.0318. The molecule has 2 N–H and O–H groups in total. The van der Waals surface area contributed by atoms with Gasteiger partial charge in [-0.05, 0) is 153 Å².